The van der Waals surface area contributed by atoms with E-state index in [0.29, 0.717) is 18.0 Å². The Balaban J connectivity index is 1.80. The fourth-order valence-corrected chi connectivity index (χ4v) is 4.07. The first-order chi connectivity index (χ1) is 15.1. The Morgan fingerprint density at radius 2 is 1.91 bits per heavy atom. The summed E-state index contributed by atoms with van der Waals surface area (Å²) in [4.78, 5) is 41.9. The molecule has 0 saturated carbocycles. The predicted octanol–water partition coefficient (Wildman–Crippen LogP) is 4.02. The molecule has 1 atom stereocenters. The van der Waals surface area contributed by atoms with E-state index in [-0.39, 0.29) is 11.3 Å². The van der Waals surface area contributed by atoms with Gasteiger partial charge in [-0.05, 0) is 48.1 Å². The maximum atomic E-state index is 13.2. The van der Waals surface area contributed by atoms with Gasteiger partial charge < -0.3 is 10.1 Å². The molecule has 0 spiro atoms. The lowest BCUT2D eigenvalue weighted by Crippen LogP contribution is -2.42. The second-order valence-electron chi connectivity index (χ2n) is 9.96. The topological polar surface area (TPSA) is 97.4 Å². The van der Waals surface area contributed by atoms with E-state index in [1.54, 1.807) is 0 Å². The number of pyridine rings is 1. The lowest BCUT2D eigenvalue weighted by atomic mass is 9.70. The number of fused-ring (bicyclic) bond motifs is 2. The zero-order valence-corrected chi connectivity index (χ0v) is 19.6. The number of aromatic nitrogens is 1. The van der Waals surface area contributed by atoms with Crippen LogP contribution in [0.1, 0.15) is 62.7 Å². The van der Waals surface area contributed by atoms with E-state index in [2.05, 4.69) is 31.4 Å². The first-order valence-corrected chi connectivity index (χ1v) is 11.2. The molecule has 3 rings (SSSR count). The number of hydrogen-bond acceptors (Lipinski definition) is 5. The average Bonchev–Trinajstić information content (AvgIpc) is 2.73. The van der Waals surface area contributed by atoms with E-state index in [4.69, 9.17) is 9.72 Å². The minimum absolute atomic E-state index is 0.105. The Labute approximate surface area is 189 Å². The van der Waals surface area contributed by atoms with Gasteiger partial charge in [0.05, 0.1) is 11.1 Å². The highest BCUT2D eigenvalue weighted by atomic mass is 16.5. The Hall–Kier alpha value is -2.96. The van der Waals surface area contributed by atoms with Crippen LogP contribution < -0.4 is 10.6 Å². The van der Waals surface area contributed by atoms with E-state index in [9.17, 15) is 14.4 Å². The van der Waals surface area contributed by atoms with Crippen molar-refractivity contribution < 1.29 is 19.1 Å². The minimum atomic E-state index is -0.667. The molecular weight excluding hydrogens is 406 g/mol. The van der Waals surface area contributed by atoms with Gasteiger partial charge in [0, 0.05) is 17.6 Å². The third-order valence-electron chi connectivity index (χ3n) is 5.95. The van der Waals surface area contributed by atoms with E-state index < -0.39 is 24.5 Å². The number of imide groups is 1. The molecule has 0 radical (unpaired) electrons. The van der Waals surface area contributed by atoms with Crippen LogP contribution in [0.3, 0.4) is 0 Å². The highest BCUT2D eigenvalue weighted by Gasteiger charge is 2.33. The first kappa shape index (κ1) is 23.7. The van der Waals surface area contributed by atoms with Crippen molar-refractivity contribution in [2.75, 3.05) is 13.2 Å². The molecule has 1 aromatic heterocycles. The van der Waals surface area contributed by atoms with Gasteiger partial charge in [-0.3, -0.25) is 15.1 Å². The quantitative estimate of drug-likeness (QED) is 0.686. The van der Waals surface area contributed by atoms with E-state index >= 15 is 0 Å². The van der Waals surface area contributed by atoms with E-state index in [1.165, 1.54) is 0 Å². The summed E-state index contributed by atoms with van der Waals surface area (Å²) in [6.45, 7) is 10.5. The summed E-state index contributed by atoms with van der Waals surface area (Å²) in [6, 6.07) is 6.90. The lowest BCUT2D eigenvalue weighted by molar-refractivity contribution is -0.123. The van der Waals surface area contributed by atoms with Crippen LogP contribution in [0.5, 0.6) is 0 Å². The number of carbonyl (C=O) groups excluding carboxylic acids is 3. The molecule has 32 heavy (non-hydrogen) atoms. The van der Waals surface area contributed by atoms with Crippen LogP contribution >= 0.6 is 0 Å². The van der Waals surface area contributed by atoms with Crippen molar-refractivity contribution in [3.8, 4) is 0 Å². The zero-order valence-electron chi connectivity index (χ0n) is 19.6. The van der Waals surface area contributed by atoms with Crippen molar-refractivity contribution in [1.29, 1.82) is 0 Å². The Kier molecular flexibility index (Phi) is 7.16. The van der Waals surface area contributed by atoms with Crippen molar-refractivity contribution in [3.63, 3.8) is 0 Å². The van der Waals surface area contributed by atoms with Gasteiger partial charge >= 0.3 is 12.0 Å². The SMILES string of the molecule is CC(C)CNC(=O)NC(=O)COC(=O)c1c2c(nc3ccccc13)CC[C@H](C(C)(C)C)C2. The highest BCUT2D eigenvalue weighted by molar-refractivity contribution is 6.06. The smallest absolute Gasteiger partial charge is 0.339 e. The number of ether oxygens (including phenoxy) is 1. The first-order valence-electron chi connectivity index (χ1n) is 11.2. The van der Waals surface area contributed by atoms with Gasteiger partial charge in [0.15, 0.2) is 6.61 Å². The highest BCUT2D eigenvalue weighted by Crippen LogP contribution is 2.39. The van der Waals surface area contributed by atoms with Crippen LogP contribution in [-0.2, 0) is 22.4 Å². The van der Waals surface area contributed by atoms with Crippen molar-refractivity contribution in [1.82, 2.24) is 15.6 Å². The third-order valence-corrected chi connectivity index (χ3v) is 5.95. The molecule has 7 nitrogen and oxygen atoms in total. The van der Waals surface area contributed by atoms with Gasteiger partial charge in [-0.2, -0.15) is 0 Å². The standard InChI is InChI=1S/C25H33N3O4/c1-15(2)13-26-24(31)28-21(29)14-32-23(30)22-17-8-6-7-9-19(17)27-20-11-10-16(12-18(20)22)25(3,4)5/h6-9,15-16H,10-14H2,1-5H3,(H2,26,28,29,31)/t16-/m0/s1. The van der Waals surface area contributed by atoms with Crippen LogP contribution in [0.4, 0.5) is 4.79 Å². The van der Waals surface area contributed by atoms with Gasteiger partial charge in [-0.25, -0.2) is 9.59 Å². The molecule has 1 aromatic carbocycles. The molecule has 1 heterocycles. The number of nitrogens with one attached hydrogen (secondary N) is 2. The second kappa shape index (κ2) is 9.67. The minimum Gasteiger partial charge on any atom is -0.452 e. The average molecular weight is 440 g/mol. The molecule has 2 aromatic rings. The number of nitrogens with zero attached hydrogens (tertiary/aromatic N) is 1. The third kappa shape index (κ3) is 5.64. The van der Waals surface area contributed by atoms with Crippen molar-refractivity contribution in [2.45, 2.75) is 53.9 Å². The zero-order chi connectivity index (χ0) is 23.5. The fourth-order valence-electron chi connectivity index (χ4n) is 4.07. The maximum absolute atomic E-state index is 13.2. The normalized spacial score (nSPS) is 15.9. The summed E-state index contributed by atoms with van der Waals surface area (Å²) < 4.78 is 5.35. The number of carbonyl (C=O) groups is 3. The molecule has 0 aliphatic heterocycles. The van der Waals surface area contributed by atoms with Crippen molar-refractivity contribution in [3.05, 3.63) is 41.1 Å². The number of aryl methyl sites for hydroxylation is 1. The van der Waals surface area contributed by atoms with E-state index in [0.717, 1.165) is 41.4 Å². The molecule has 172 valence electrons. The van der Waals surface area contributed by atoms with Gasteiger partial charge in [0.1, 0.15) is 0 Å². The van der Waals surface area contributed by atoms with Crippen LogP contribution in [0, 0.1) is 17.3 Å². The van der Waals surface area contributed by atoms with Crippen molar-refractivity contribution >= 4 is 28.8 Å². The lowest BCUT2D eigenvalue weighted by Gasteiger charge is -2.35. The molecule has 2 N–H and O–H groups in total. The molecule has 0 fully saturated rings. The number of urea groups is 1. The molecule has 7 heteroatoms. The number of rotatable bonds is 5. The molecule has 3 amide bonds. The van der Waals surface area contributed by atoms with Crippen LogP contribution in [0.15, 0.2) is 24.3 Å². The molecule has 1 aliphatic carbocycles. The summed E-state index contributed by atoms with van der Waals surface area (Å²) in [5, 5.41) is 5.51. The summed E-state index contributed by atoms with van der Waals surface area (Å²) in [6.07, 6.45) is 2.56. The van der Waals surface area contributed by atoms with Crippen LogP contribution in [0.2, 0.25) is 0 Å². The van der Waals surface area contributed by atoms with Gasteiger partial charge in [0.25, 0.3) is 5.91 Å². The van der Waals surface area contributed by atoms with E-state index in [1.807, 2.05) is 38.1 Å². The largest absolute Gasteiger partial charge is 0.452 e. The molecule has 0 unspecified atom stereocenters. The van der Waals surface area contributed by atoms with Crippen LogP contribution in [-0.4, -0.2) is 36.0 Å². The fraction of sp³-hybridized carbons (Fsp3) is 0.520. The number of esters is 1. The summed E-state index contributed by atoms with van der Waals surface area (Å²) in [7, 11) is 0. The van der Waals surface area contributed by atoms with Gasteiger partial charge in [-0.15, -0.1) is 0 Å². The summed E-state index contributed by atoms with van der Waals surface area (Å²) >= 11 is 0. The van der Waals surface area contributed by atoms with Crippen molar-refractivity contribution in [2.24, 2.45) is 17.3 Å². The summed E-state index contributed by atoms with van der Waals surface area (Å²) in [5.41, 5.74) is 3.17. The van der Waals surface area contributed by atoms with Gasteiger partial charge in [0.2, 0.25) is 0 Å². The molecular formula is C25H33N3O4. The Morgan fingerprint density at radius 1 is 1.19 bits per heavy atom. The maximum Gasteiger partial charge on any atom is 0.339 e. The number of para-hydroxylation sites is 1. The molecule has 0 bridgehead atoms. The number of amides is 3. The Bertz CT molecular complexity index is 1020. The second-order valence-corrected chi connectivity index (χ2v) is 9.96. The number of benzene rings is 1. The Morgan fingerprint density at radius 3 is 2.59 bits per heavy atom. The monoisotopic (exact) mass is 439 g/mol. The molecule has 0 saturated heterocycles. The predicted molar refractivity (Wildman–Crippen MR) is 123 cm³/mol. The van der Waals surface area contributed by atoms with Crippen LogP contribution in [0.25, 0.3) is 10.9 Å². The number of hydrogen-bond donors (Lipinski definition) is 2. The molecule has 1 aliphatic rings. The summed E-state index contributed by atoms with van der Waals surface area (Å²) in [5.74, 6) is -0.555. The van der Waals surface area contributed by atoms with Gasteiger partial charge in [-0.1, -0.05) is 52.8 Å².